The van der Waals surface area contributed by atoms with E-state index in [1.807, 2.05) is 0 Å². The van der Waals surface area contributed by atoms with Crippen LogP contribution in [-0.2, 0) is 0 Å². The van der Waals surface area contributed by atoms with E-state index < -0.39 is 0 Å². The van der Waals surface area contributed by atoms with E-state index in [2.05, 4.69) is 47.2 Å². The number of hydrogen-bond acceptors (Lipinski definition) is 4. The van der Waals surface area contributed by atoms with Gasteiger partial charge in [0.15, 0.2) is 5.13 Å². The Hall–Kier alpha value is -0.740. The summed E-state index contributed by atoms with van der Waals surface area (Å²) < 4.78 is 1.28. The molecule has 1 atom stereocenters. The van der Waals surface area contributed by atoms with Gasteiger partial charge in [0.2, 0.25) is 0 Å². The van der Waals surface area contributed by atoms with Gasteiger partial charge >= 0.3 is 0 Å². The lowest BCUT2D eigenvalue weighted by atomic mass is 10.2. The van der Waals surface area contributed by atoms with Crippen molar-refractivity contribution in [1.29, 1.82) is 0 Å². The van der Waals surface area contributed by atoms with Gasteiger partial charge in [0.1, 0.15) is 0 Å². The van der Waals surface area contributed by atoms with E-state index in [-0.39, 0.29) is 0 Å². The van der Waals surface area contributed by atoms with Crippen LogP contribution in [-0.4, -0.2) is 22.5 Å². The lowest BCUT2D eigenvalue weighted by Gasteiger charge is -2.21. The summed E-state index contributed by atoms with van der Waals surface area (Å²) >= 11 is 3.87. The van der Waals surface area contributed by atoms with Crippen molar-refractivity contribution in [2.24, 2.45) is 0 Å². The first-order valence-electron chi connectivity index (χ1n) is 6.54. The number of aryl methyl sites for hydroxylation is 1. The highest BCUT2D eigenvalue weighted by Gasteiger charge is 2.14. The number of thiazole rings is 1. The number of benzene rings is 1. The zero-order chi connectivity index (χ0) is 12.4. The van der Waals surface area contributed by atoms with Gasteiger partial charge in [-0.05, 0) is 43.2 Å². The van der Waals surface area contributed by atoms with Crippen molar-refractivity contribution in [3.8, 4) is 0 Å². The van der Waals surface area contributed by atoms with Crippen molar-refractivity contribution in [3.63, 3.8) is 0 Å². The Morgan fingerprint density at radius 2 is 2.33 bits per heavy atom. The lowest BCUT2D eigenvalue weighted by Crippen LogP contribution is -2.19. The topological polar surface area (TPSA) is 24.9 Å². The maximum absolute atomic E-state index is 4.66. The van der Waals surface area contributed by atoms with Gasteiger partial charge < -0.3 is 5.32 Å². The highest BCUT2D eigenvalue weighted by atomic mass is 32.2. The van der Waals surface area contributed by atoms with Gasteiger partial charge in [-0.25, -0.2) is 4.98 Å². The van der Waals surface area contributed by atoms with E-state index in [0.29, 0.717) is 0 Å². The van der Waals surface area contributed by atoms with Crippen molar-refractivity contribution in [2.45, 2.75) is 31.4 Å². The molecule has 0 aliphatic carbocycles. The third-order valence-electron chi connectivity index (χ3n) is 3.30. The van der Waals surface area contributed by atoms with Crippen molar-refractivity contribution in [1.82, 2.24) is 4.98 Å². The Labute approximate surface area is 116 Å². The number of fused-ring (bicyclic) bond motifs is 1. The predicted molar refractivity (Wildman–Crippen MR) is 82.9 cm³/mol. The largest absolute Gasteiger partial charge is 0.360 e. The average molecular weight is 278 g/mol. The minimum Gasteiger partial charge on any atom is -0.360 e. The molecular formula is C14H18N2S2. The van der Waals surface area contributed by atoms with Crippen molar-refractivity contribution in [2.75, 3.05) is 17.6 Å². The Balaban J connectivity index is 1.67. The van der Waals surface area contributed by atoms with E-state index in [9.17, 15) is 0 Å². The van der Waals surface area contributed by atoms with Crippen LogP contribution in [0.25, 0.3) is 10.2 Å². The molecule has 2 aromatic rings. The number of aromatic nitrogens is 1. The van der Waals surface area contributed by atoms with Crippen LogP contribution in [0.4, 0.5) is 5.13 Å². The molecule has 0 radical (unpaired) electrons. The molecule has 2 nitrogen and oxygen atoms in total. The molecule has 2 heterocycles. The molecule has 1 fully saturated rings. The Morgan fingerprint density at radius 3 is 3.17 bits per heavy atom. The van der Waals surface area contributed by atoms with Crippen LogP contribution in [0.5, 0.6) is 0 Å². The Bertz CT molecular complexity index is 530. The summed E-state index contributed by atoms with van der Waals surface area (Å²) in [5, 5.41) is 5.35. The SMILES string of the molecule is Cc1ccc2sc(NCC3CCCCS3)nc2c1. The van der Waals surface area contributed by atoms with Gasteiger partial charge in [-0.3, -0.25) is 0 Å². The minimum absolute atomic E-state index is 0.771. The Morgan fingerprint density at radius 1 is 1.39 bits per heavy atom. The van der Waals surface area contributed by atoms with Gasteiger partial charge in [-0.15, -0.1) is 0 Å². The fourth-order valence-corrected chi connectivity index (χ4v) is 4.37. The maximum atomic E-state index is 4.66. The van der Waals surface area contributed by atoms with Crippen LogP contribution >= 0.6 is 23.1 Å². The molecule has 1 aromatic carbocycles. The zero-order valence-electron chi connectivity index (χ0n) is 10.6. The summed E-state index contributed by atoms with van der Waals surface area (Å²) in [4.78, 5) is 4.66. The molecule has 18 heavy (non-hydrogen) atoms. The highest BCUT2D eigenvalue weighted by Crippen LogP contribution is 2.29. The summed E-state index contributed by atoms with van der Waals surface area (Å²) in [6.07, 6.45) is 4.13. The second-order valence-electron chi connectivity index (χ2n) is 4.86. The number of rotatable bonds is 3. The molecule has 1 aromatic heterocycles. The molecule has 1 unspecified atom stereocenters. The molecule has 0 spiro atoms. The van der Waals surface area contributed by atoms with Crippen LogP contribution in [0, 0.1) is 6.92 Å². The summed E-state index contributed by atoms with van der Waals surface area (Å²) in [7, 11) is 0. The van der Waals surface area contributed by atoms with E-state index in [1.54, 1.807) is 11.3 Å². The van der Waals surface area contributed by atoms with Crippen LogP contribution in [0.15, 0.2) is 18.2 Å². The molecule has 1 N–H and O–H groups in total. The zero-order valence-corrected chi connectivity index (χ0v) is 12.2. The standard InChI is InChI=1S/C14H18N2S2/c1-10-5-6-13-12(8-10)16-14(18-13)15-9-11-4-2-3-7-17-11/h5-6,8,11H,2-4,7,9H2,1H3,(H,15,16). The number of nitrogens with one attached hydrogen (secondary N) is 1. The fourth-order valence-electron chi connectivity index (χ4n) is 2.28. The lowest BCUT2D eigenvalue weighted by molar-refractivity contribution is 0.677. The van der Waals surface area contributed by atoms with Crippen LogP contribution in [0.2, 0.25) is 0 Å². The molecule has 1 saturated heterocycles. The summed E-state index contributed by atoms with van der Waals surface area (Å²) in [5.41, 5.74) is 2.40. The van der Waals surface area contributed by atoms with E-state index in [1.165, 1.54) is 35.3 Å². The number of thioether (sulfide) groups is 1. The molecule has 0 bridgehead atoms. The minimum atomic E-state index is 0.771. The number of nitrogens with zero attached hydrogens (tertiary/aromatic N) is 1. The van der Waals surface area contributed by atoms with Gasteiger partial charge in [0.05, 0.1) is 10.2 Å². The monoisotopic (exact) mass is 278 g/mol. The first kappa shape index (κ1) is 12.3. The highest BCUT2D eigenvalue weighted by molar-refractivity contribution is 7.99. The molecule has 0 saturated carbocycles. The second kappa shape index (κ2) is 5.49. The third kappa shape index (κ3) is 2.81. The van der Waals surface area contributed by atoms with Crippen molar-refractivity contribution in [3.05, 3.63) is 23.8 Å². The van der Waals surface area contributed by atoms with Gasteiger partial charge in [-0.2, -0.15) is 11.8 Å². The molecule has 3 rings (SSSR count). The molecule has 4 heteroatoms. The normalized spacial score (nSPS) is 20.2. The first-order valence-corrected chi connectivity index (χ1v) is 8.40. The van der Waals surface area contributed by atoms with Crippen LogP contribution in [0.1, 0.15) is 24.8 Å². The summed E-state index contributed by atoms with van der Waals surface area (Å²) in [5.74, 6) is 1.32. The number of anilines is 1. The smallest absolute Gasteiger partial charge is 0.183 e. The van der Waals surface area contributed by atoms with Crippen molar-refractivity contribution < 1.29 is 0 Å². The summed E-state index contributed by atoms with van der Waals surface area (Å²) in [6.45, 7) is 3.17. The molecule has 96 valence electrons. The van der Waals surface area contributed by atoms with Crippen LogP contribution < -0.4 is 5.32 Å². The van der Waals surface area contributed by atoms with E-state index in [0.717, 1.165) is 22.4 Å². The summed E-state index contributed by atoms with van der Waals surface area (Å²) in [6, 6.07) is 6.48. The van der Waals surface area contributed by atoms with Crippen molar-refractivity contribution >= 4 is 38.4 Å². The van der Waals surface area contributed by atoms with Gasteiger partial charge in [0, 0.05) is 11.8 Å². The quantitative estimate of drug-likeness (QED) is 0.906. The number of hydrogen-bond donors (Lipinski definition) is 1. The van der Waals surface area contributed by atoms with Crippen LogP contribution in [0.3, 0.4) is 0 Å². The average Bonchev–Trinajstić information content (AvgIpc) is 2.79. The van der Waals surface area contributed by atoms with Gasteiger partial charge in [-0.1, -0.05) is 23.8 Å². The second-order valence-corrected chi connectivity index (χ2v) is 7.30. The first-order chi connectivity index (χ1) is 8.81. The fraction of sp³-hybridized carbons (Fsp3) is 0.500. The Kier molecular flexibility index (Phi) is 3.75. The molecule has 0 amide bonds. The predicted octanol–water partition coefficient (Wildman–Crippen LogP) is 4.30. The molecular weight excluding hydrogens is 260 g/mol. The van der Waals surface area contributed by atoms with Gasteiger partial charge in [0.25, 0.3) is 0 Å². The maximum Gasteiger partial charge on any atom is 0.183 e. The van der Waals surface area contributed by atoms with E-state index in [4.69, 9.17) is 0 Å². The molecule has 1 aliphatic heterocycles. The van der Waals surface area contributed by atoms with E-state index >= 15 is 0 Å². The third-order valence-corrected chi connectivity index (χ3v) is 5.69. The molecule has 1 aliphatic rings.